The molecule has 1 atom stereocenters. The summed E-state index contributed by atoms with van der Waals surface area (Å²) >= 11 is 1.41. The predicted molar refractivity (Wildman–Crippen MR) is 115 cm³/mol. The standard InChI is InChI=1S/C21H20N4O6S/c1-11(18-23-24-19(31-18)13-7-9-14(10-8-13)25(28)29)30-21(27)17-15-5-3-4-6-16(15)32-20(17)22-12(2)26/h7-11H,3-6H2,1-2H3,(H,22,26). The van der Waals surface area contributed by atoms with Crippen LogP contribution in [0.25, 0.3) is 11.5 Å². The predicted octanol–water partition coefficient (Wildman–Crippen LogP) is 4.46. The van der Waals surface area contributed by atoms with Gasteiger partial charge in [0.1, 0.15) is 5.00 Å². The smallest absolute Gasteiger partial charge is 0.342 e. The first-order valence-corrected chi connectivity index (χ1v) is 10.9. The molecule has 3 aromatic rings. The Hall–Kier alpha value is -3.60. The highest BCUT2D eigenvalue weighted by Crippen LogP contribution is 2.39. The summed E-state index contributed by atoms with van der Waals surface area (Å²) in [6, 6.07) is 5.69. The Labute approximate surface area is 186 Å². The van der Waals surface area contributed by atoms with Gasteiger partial charge in [0, 0.05) is 29.5 Å². The van der Waals surface area contributed by atoms with Gasteiger partial charge in [0.2, 0.25) is 11.8 Å². The van der Waals surface area contributed by atoms with Crippen LogP contribution in [0.15, 0.2) is 28.7 Å². The summed E-state index contributed by atoms with van der Waals surface area (Å²) in [5.74, 6) is -0.562. The molecule has 0 saturated heterocycles. The third kappa shape index (κ3) is 4.37. The number of ether oxygens (including phenoxy) is 1. The molecule has 0 bridgehead atoms. The summed E-state index contributed by atoms with van der Waals surface area (Å²) in [7, 11) is 0. The van der Waals surface area contributed by atoms with Crippen LogP contribution >= 0.6 is 11.3 Å². The molecule has 166 valence electrons. The molecule has 0 aliphatic heterocycles. The number of nitro groups is 1. The molecular formula is C21H20N4O6S. The average molecular weight is 456 g/mol. The number of amides is 1. The van der Waals surface area contributed by atoms with E-state index in [1.54, 1.807) is 6.92 Å². The lowest BCUT2D eigenvalue weighted by molar-refractivity contribution is -0.384. The SMILES string of the molecule is CC(=O)Nc1sc2c(c1C(=O)OC(C)c1nnc(-c3ccc([N+](=O)[O-])cc3)o1)CCCC2. The fourth-order valence-corrected chi connectivity index (χ4v) is 4.86. The van der Waals surface area contributed by atoms with Gasteiger partial charge in [-0.15, -0.1) is 21.5 Å². The van der Waals surface area contributed by atoms with E-state index in [4.69, 9.17) is 9.15 Å². The number of non-ortho nitro benzene ring substituents is 1. The second-order valence-electron chi connectivity index (χ2n) is 7.39. The summed E-state index contributed by atoms with van der Waals surface area (Å²) in [6.07, 6.45) is 2.82. The van der Waals surface area contributed by atoms with Crippen molar-refractivity contribution in [3.8, 4) is 11.5 Å². The topological polar surface area (TPSA) is 137 Å². The monoisotopic (exact) mass is 456 g/mol. The number of hydrogen-bond donors (Lipinski definition) is 1. The van der Waals surface area contributed by atoms with Gasteiger partial charge in [-0.1, -0.05) is 0 Å². The zero-order valence-electron chi connectivity index (χ0n) is 17.4. The van der Waals surface area contributed by atoms with Crippen LogP contribution in [0.5, 0.6) is 0 Å². The molecule has 1 aliphatic rings. The molecule has 1 N–H and O–H groups in total. The van der Waals surface area contributed by atoms with Crippen molar-refractivity contribution in [2.45, 2.75) is 45.6 Å². The van der Waals surface area contributed by atoms with Gasteiger partial charge in [0.05, 0.1) is 10.5 Å². The summed E-state index contributed by atoms with van der Waals surface area (Å²) < 4.78 is 11.2. The zero-order valence-corrected chi connectivity index (χ0v) is 18.2. The number of nitrogens with zero attached hydrogens (tertiary/aromatic N) is 3. The van der Waals surface area contributed by atoms with Crippen LogP contribution < -0.4 is 5.32 Å². The first-order chi connectivity index (χ1) is 15.3. The van der Waals surface area contributed by atoms with Crippen molar-refractivity contribution in [1.82, 2.24) is 10.2 Å². The summed E-state index contributed by atoms with van der Waals surface area (Å²) in [4.78, 5) is 36.0. The second kappa shape index (κ2) is 8.87. The number of hydrogen-bond acceptors (Lipinski definition) is 9. The van der Waals surface area contributed by atoms with Crippen molar-refractivity contribution in [2.24, 2.45) is 0 Å². The summed E-state index contributed by atoms with van der Waals surface area (Å²) in [5.41, 5.74) is 1.78. The largest absolute Gasteiger partial charge is 0.449 e. The van der Waals surface area contributed by atoms with Gasteiger partial charge in [0.15, 0.2) is 6.10 Å². The van der Waals surface area contributed by atoms with E-state index in [9.17, 15) is 19.7 Å². The van der Waals surface area contributed by atoms with E-state index >= 15 is 0 Å². The number of aromatic nitrogens is 2. The molecule has 0 spiro atoms. The van der Waals surface area contributed by atoms with Crippen LogP contribution in [0.3, 0.4) is 0 Å². The first kappa shape index (κ1) is 21.6. The number of benzene rings is 1. The van der Waals surface area contributed by atoms with Crippen molar-refractivity contribution >= 4 is 33.9 Å². The highest BCUT2D eigenvalue weighted by atomic mass is 32.1. The molecule has 11 heteroatoms. The minimum Gasteiger partial charge on any atom is -0.449 e. The maximum atomic E-state index is 13.0. The number of nitrogens with one attached hydrogen (secondary N) is 1. The molecule has 4 rings (SSSR count). The van der Waals surface area contributed by atoms with E-state index in [1.165, 1.54) is 42.5 Å². The van der Waals surface area contributed by atoms with E-state index in [0.29, 0.717) is 16.1 Å². The van der Waals surface area contributed by atoms with E-state index in [0.717, 1.165) is 36.1 Å². The third-order valence-electron chi connectivity index (χ3n) is 5.06. The summed E-state index contributed by atoms with van der Waals surface area (Å²) in [6.45, 7) is 3.01. The molecule has 1 aliphatic carbocycles. The van der Waals surface area contributed by atoms with Crippen LogP contribution in [-0.4, -0.2) is 27.0 Å². The van der Waals surface area contributed by atoms with Crippen molar-refractivity contribution < 1.29 is 23.7 Å². The zero-order chi connectivity index (χ0) is 22.8. The molecule has 0 fully saturated rings. The highest BCUT2D eigenvalue weighted by molar-refractivity contribution is 7.17. The van der Waals surface area contributed by atoms with Gasteiger partial charge >= 0.3 is 5.97 Å². The highest BCUT2D eigenvalue weighted by Gasteiger charge is 2.29. The fraction of sp³-hybridized carbons (Fsp3) is 0.333. The van der Waals surface area contributed by atoms with E-state index in [-0.39, 0.29) is 23.4 Å². The van der Waals surface area contributed by atoms with Crippen molar-refractivity contribution in [2.75, 3.05) is 5.32 Å². The molecule has 2 heterocycles. The molecule has 32 heavy (non-hydrogen) atoms. The minimum atomic E-state index is -0.828. The molecule has 1 unspecified atom stereocenters. The Balaban J connectivity index is 1.53. The number of carbonyl (C=O) groups excluding carboxylic acids is 2. The number of carbonyl (C=O) groups is 2. The quantitative estimate of drug-likeness (QED) is 0.326. The van der Waals surface area contributed by atoms with Crippen LogP contribution in [0, 0.1) is 10.1 Å². The number of thiophene rings is 1. The normalized spacial score (nSPS) is 13.8. The lowest BCUT2D eigenvalue weighted by atomic mass is 9.95. The molecule has 2 aromatic heterocycles. The van der Waals surface area contributed by atoms with Crippen molar-refractivity contribution in [3.05, 3.63) is 56.3 Å². The van der Waals surface area contributed by atoms with E-state index < -0.39 is 17.0 Å². The molecule has 1 aromatic carbocycles. The van der Waals surface area contributed by atoms with Crippen LogP contribution in [0.2, 0.25) is 0 Å². The first-order valence-electron chi connectivity index (χ1n) is 10.0. The Morgan fingerprint density at radius 3 is 2.62 bits per heavy atom. The Bertz CT molecular complexity index is 1180. The lowest BCUT2D eigenvalue weighted by Crippen LogP contribution is -2.15. The van der Waals surface area contributed by atoms with Crippen molar-refractivity contribution in [1.29, 1.82) is 0 Å². The number of fused-ring (bicyclic) bond motifs is 1. The van der Waals surface area contributed by atoms with E-state index in [2.05, 4.69) is 15.5 Å². The van der Waals surface area contributed by atoms with Gasteiger partial charge in [-0.2, -0.15) is 0 Å². The molecule has 10 nitrogen and oxygen atoms in total. The fourth-order valence-electron chi connectivity index (χ4n) is 3.54. The number of esters is 1. The van der Waals surface area contributed by atoms with Crippen LogP contribution in [0.4, 0.5) is 10.7 Å². The number of aryl methyl sites for hydroxylation is 1. The van der Waals surface area contributed by atoms with Gasteiger partial charge < -0.3 is 14.5 Å². The Morgan fingerprint density at radius 2 is 1.94 bits per heavy atom. The third-order valence-corrected chi connectivity index (χ3v) is 6.27. The van der Waals surface area contributed by atoms with Gasteiger partial charge in [0.25, 0.3) is 11.6 Å². The Kier molecular flexibility index (Phi) is 5.99. The van der Waals surface area contributed by atoms with Gasteiger partial charge in [-0.3, -0.25) is 14.9 Å². The molecule has 0 radical (unpaired) electrons. The van der Waals surface area contributed by atoms with Crippen LogP contribution in [-0.2, 0) is 22.4 Å². The van der Waals surface area contributed by atoms with Gasteiger partial charge in [-0.05, 0) is 50.3 Å². The second-order valence-corrected chi connectivity index (χ2v) is 8.50. The number of nitro benzene ring substituents is 1. The molecule has 0 saturated carbocycles. The van der Waals surface area contributed by atoms with Crippen LogP contribution in [0.1, 0.15) is 59.5 Å². The maximum absolute atomic E-state index is 13.0. The summed E-state index contributed by atoms with van der Waals surface area (Å²) in [5, 5.41) is 21.9. The minimum absolute atomic E-state index is 0.0511. The average Bonchev–Trinajstić information content (AvgIpc) is 3.38. The molecular weight excluding hydrogens is 436 g/mol. The number of anilines is 1. The lowest BCUT2D eigenvalue weighted by Gasteiger charge is -2.14. The van der Waals surface area contributed by atoms with Gasteiger partial charge in [-0.25, -0.2) is 4.79 Å². The van der Waals surface area contributed by atoms with E-state index in [1.807, 2.05) is 0 Å². The van der Waals surface area contributed by atoms with Crippen molar-refractivity contribution in [3.63, 3.8) is 0 Å². The maximum Gasteiger partial charge on any atom is 0.342 e. The number of rotatable bonds is 6. The Morgan fingerprint density at radius 1 is 1.22 bits per heavy atom. The molecule has 1 amide bonds.